The fourth-order valence-electron chi connectivity index (χ4n) is 2.04. The van der Waals surface area contributed by atoms with Gasteiger partial charge in [-0.15, -0.1) is 0 Å². The Labute approximate surface area is 129 Å². The number of nitrogens with zero attached hydrogens (tertiary/aromatic N) is 1. The van der Waals surface area contributed by atoms with Crippen molar-refractivity contribution >= 4 is 17.4 Å². The smallest absolute Gasteiger partial charge is 0.170 e. The summed E-state index contributed by atoms with van der Waals surface area (Å²) in [5.74, 6) is 0.114. The molecule has 110 valence electrons. The molecule has 0 aromatic heterocycles. The van der Waals surface area contributed by atoms with Crippen LogP contribution in [-0.2, 0) is 6.54 Å². The number of halogens is 1. The monoisotopic (exact) mass is 303 g/mol. The molecular weight excluding hydrogens is 286 g/mol. The van der Waals surface area contributed by atoms with E-state index in [1.165, 1.54) is 5.56 Å². The SMILES string of the molecule is C[C@H](NCc1cccc(/C(N)=N/O)c1)c1ccc(Cl)cc1. The van der Waals surface area contributed by atoms with Gasteiger partial charge in [-0.25, -0.2) is 0 Å². The largest absolute Gasteiger partial charge is 0.409 e. The van der Waals surface area contributed by atoms with Crippen LogP contribution in [0.1, 0.15) is 29.7 Å². The average Bonchev–Trinajstić information content (AvgIpc) is 2.52. The highest BCUT2D eigenvalue weighted by atomic mass is 35.5. The van der Waals surface area contributed by atoms with Gasteiger partial charge in [0, 0.05) is 23.2 Å². The number of nitrogens with two attached hydrogens (primary N) is 1. The van der Waals surface area contributed by atoms with Gasteiger partial charge in [-0.05, 0) is 36.2 Å². The topological polar surface area (TPSA) is 70.6 Å². The first-order valence-electron chi connectivity index (χ1n) is 6.66. The van der Waals surface area contributed by atoms with Crippen LogP contribution in [0.2, 0.25) is 5.02 Å². The van der Waals surface area contributed by atoms with Gasteiger partial charge in [0.2, 0.25) is 0 Å². The lowest BCUT2D eigenvalue weighted by molar-refractivity contribution is 0.318. The van der Waals surface area contributed by atoms with Crippen LogP contribution < -0.4 is 11.1 Å². The molecule has 0 aliphatic heterocycles. The molecule has 0 radical (unpaired) electrons. The van der Waals surface area contributed by atoms with E-state index >= 15 is 0 Å². The van der Waals surface area contributed by atoms with Crippen molar-refractivity contribution in [2.75, 3.05) is 0 Å². The normalized spacial score (nSPS) is 13.1. The van der Waals surface area contributed by atoms with Crippen LogP contribution in [0.5, 0.6) is 0 Å². The number of benzene rings is 2. The van der Waals surface area contributed by atoms with Crippen molar-refractivity contribution in [2.45, 2.75) is 19.5 Å². The zero-order chi connectivity index (χ0) is 15.2. The van der Waals surface area contributed by atoms with Crippen molar-refractivity contribution in [1.29, 1.82) is 0 Å². The lowest BCUT2D eigenvalue weighted by atomic mass is 10.1. The van der Waals surface area contributed by atoms with Gasteiger partial charge in [0.25, 0.3) is 0 Å². The van der Waals surface area contributed by atoms with Crippen molar-refractivity contribution < 1.29 is 5.21 Å². The highest BCUT2D eigenvalue weighted by Gasteiger charge is 2.06. The zero-order valence-electron chi connectivity index (χ0n) is 11.8. The molecule has 2 aromatic carbocycles. The lowest BCUT2D eigenvalue weighted by Gasteiger charge is -2.15. The number of amidine groups is 1. The van der Waals surface area contributed by atoms with Crippen molar-refractivity contribution in [3.63, 3.8) is 0 Å². The summed E-state index contributed by atoms with van der Waals surface area (Å²) in [6, 6.07) is 15.6. The van der Waals surface area contributed by atoms with Crippen molar-refractivity contribution in [3.8, 4) is 0 Å². The van der Waals surface area contributed by atoms with Crippen molar-refractivity contribution in [2.24, 2.45) is 10.9 Å². The van der Waals surface area contributed by atoms with Crippen LogP contribution in [0.3, 0.4) is 0 Å². The number of rotatable bonds is 5. The molecule has 0 heterocycles. The van der Waals surface area contributed by atoms with E-state index in [4.69, 9.17) is 22.5 Å². The van der Waals surface area contributed by atoms with E-state index < -0.39 is 0 Å². The fourth-order valence-corrected chi connectivity index (χ4v) is 2.16. The van der Waals surface area contributed by atoms with Crippen LogP contribution in [0, 0.1) is 0 Å². The van der Waals surface area contributed by atoms with Crippen molar-refractivity contribution in [1.82, 2.24) is 5.32 Å². The average molecular weight is 304 g/mol. The standard InChI is InChI=1S/C16H18ClN3O/c1-11(13-5-7-15(17)8-6-13)19-10-12-3-2-4-14(9-12)16(18)20-21/h2-9,11,19,21H,10H2,1H3,(H2,18,20)/t11-/m0/s1. The molecule has 2 aromatic rings. The quantitative estimate of drug-likeness (QED) is 0.343. The van der Waals surface area contributed by atoms with E-state index in [-0.39, 0.29) is 11.9 Å². The summed E-state index contributed by atoms with van der Waals surface area (Å²) in [6.07, 6.45) is 0. The number of hydrogen-bond acceptors (Lipinski definition) is 3. The molecule has 5 heteroatoms. The predicted octanol–water partition coefficient (Wildman–Crippen LogP) is 3.29. The van der Waals surface area contributed by atoms with Gasteiger partial charge in [0.1, 0.15) is 0 Å². The van der Waals surface area contributed by atoms with Gasteiger partial charge < -0.3 is 16.3 Å². The van der Waals surface area contributed by atoms with E-state index in [1.807, 2.05) is 42.5 Å². The Morgan fingerprint density at radius 3 is 2.67 bits per heavy atom. The lowest BCUT2D eigenvalue weighted by Crippen LogP contribution is -2.19. The third-order valence-corrected chi connectivity index (χ3v) is 3.56. The first kappa shape index (κ1) is 15.4. The summed E-state index contributed by atoms with van der Waals surface area (Å²) in [7, 11) is 0. The number of oxime groups is 1. The van der Waals surface area contributed by atoms with E-state index in [2.05, 4.69) is 17.4 Å². The molecule has 0 amide bonds. The summed E-state index contributed by atoms with van der Waals surface area (Å²) in [6.45, 7) is 2.78. The van der Waals surface area contributed by atoms with Gasteiger partial charge in [-0.3, -0.25) is 0 Å². The molecule has 0 unspecified atom stereocenters. The fraction of sp³-hybridized carbons (Fsp3) is 0.188. The minimum atomic E-state index is 0.114. The Kier molecular flexibility index (Phi) is 5.20. The Bertz CT molecular complexity index is 626. The molecule has 4 nitrogen and oxygen atoms in total. The molecule has 21 heavy (non-hydrogen) atoms. The zero-order valence-corrected chi connectivity index (χ0v) is 12.5. The maximum Gasteiger partial charge on any atom is 0.170 e. The van der Waals surface area contributed by atoms with E-state index in [1.54, 1.807) is 6.07 Å². The molecular formula is C16H18ClN3O. The third kappa shape index (κ3) is 4.21. The van der Waals surface area contributed by atoms with Gasteiger partial charge in [-0.1, -0.05) is 47.1 Å². The Balaban J connectivity index is 2.01. The van der Waals surface area contributed by atoms with E-state index in [0.717, 1.165) is 10.6 Å². The first-order valence-corrected chi connectivity index (χ1v) is 7.03. The van der Waals surface area contributed by atoms with Gasteiger partial charge >= 0.3 is 0 Å². The van der Waals surface area contributed by atoms with Crippen LogP contribution in [0.25, 0.3) is 0 Å². The van der Waals surface area contributed by atoms with Gasteiger partial charge in [-0.2, -0.15) is 0 Å². The third-order valence-electron chi connectivity index (χ3n) is 3.31. The summed E-state index contributed by atoms with van der Waals surface area (Å²) in [4.78, 5) is 0. The Morgan fingerprint density at radius 1 is 1.29 bits per heavy atom. The summed E-state index contributed by atoms with van der Waals surface area (Å²) in [5, 5.41) is 15.9. The molecule has 0 saturated carbocycles. The van der Waals surface area contributed by atoms with Crippen LogP contribution in [-0.4, -0.2) is 11.0 Å². The number of nitrogens with one attached hydrogen (secondary N) is 1. The highest BCUT2D eigenvalue weighted by Crippen LogP contribution is 2.16. The minimum Gasteiger partial charge on any atom is -0.409 e. The van der Waals surface area contributed by atoms with Crippen LogP contribution in [0.15, 0.2) is 53.7 Å². The molecule has 0 spiro atoms. The molecule has 0 aliphatic rings. The maximum absolute atomic E-state index is 8.70. The Morgan fingerprint density at radius 2 is 2.00 bits per heavy atom. The second-order valence-corrected chi connectivity index (χ2v) is 5.28. The second-order valence-electron chi connectivity index (χ2n) is 4.84. The summed E-state index contributed by atoms with van der Waals surface area (Å²) < 4.78 is 0. The molecule has 2 rings (SSSR count). The van der Waals surface area contributed by atoms with Gasteiger partial charge in [0.15, 0.2) is 5.84 Å². The van der Waals surface area contributed by atoms with E-state index in [0.29, 0.717) is 12.1 Å². The number of hydrogen-bond donors (Lipinski definition) is 3. The molecule has 0 fully saturated rings. The predicted molar refractivity (Wildman–Crippen MR) is 85.7 cm³/mol. The van der Waals surface area contributed by atoms with Crippen LogP contribution >= 0.6 is 11.6 Å². The molecule has 1 atom stereocenters. The van der Waals surface area contributed by atoms with Crippen molar-refractivity contribution in [3.05, 3.63) is 70.2 Å². The molecule has 4 N–H and O–H groups in total. The Hall–Kier alpha value is -2.04. The molecule has 0 aliphatic carbocycles. The maximum atomic E-state index is 8.70. The highest BCUT2D eigenvalue weighted by molar-refractivity contribution is 6.30. The second kappa shape index (κ2) is 7.11. The van der Waals surface area contributed by atoms with E-state index in [9.17, 15) is 0 Å². The molecule has 0 bridgehead atoms. The van der Waals surface area contributed by atoms with Crippen LogP contribution in [0.4, 0.5) is 0 Å². The van der Waals surface area contributed by atoms with Gasteiger partial charge in [0.05, 0.1) is 0 Å². The summed E-state index contributed by atoms with van der Waals surface area (Å²) in [5.41, 5.74) is 8.54. The summed E-state index contributed by atoms with van der Waals surface area (Å²) >= 11 is 5.89. The molecule has 0 saturated heterocycles. The minimum absolute atomic E-state index is 0.114. The first-order chi connectivity index (χ1) is 10.1.